The number of phenolic OH excluding ortho intramolecular Hbond substituents is 1. The fourth-order valence-corrected chi connectivity index (χ4v) is 6.12. The minimum atomic E-state index is -0.969. The molecule has 19 heteroatoms. The van der Waals surface area contributed by atoms with E-state index in [1.165, 1.54) is 12.1 Å². The number of rotatable bonds is 27. The minimum Gasteiger partial charge on any atom is -0.508 e. The van der Waals surface area contributed by atoms with Crippen molar-refractivity contribution in [1.29, 1.82) is 0 Å². The highest BCUT2D eigenvalue weighted by Crippen LogP contribution is 2.28. The zero-order valence-electron chi connectivity index (χ0n) is 38.4. The Morgan fingerprint density at radius 2 is 1.39 bits per heavy atom. The Morgan fingerprint density at radius 1 is 0.697 bits per heavy atom. The van der Waals surface area contributed by atoms with E-state index < -0.39 is 41.5 Å². The first-order chi connectivity index (χ1) is 31.6. The Balaban J connectivity index is 1.56. The van der Waals surface area contributed by atoms with Crippen LogP contribution in [0.4, 0.5) is 9.59 Å². The number of aliphatic imine (C=N–C) groups is 1. The van der Waals surface area contributed by atoms with Gasteiger partial charge < -0.3 is 62.3 Å². The van der Waals surface area contributed by atoms with E-state index in [1.807, 2.05) is 36.4 Å². The maximum absolute atomic E-state index is 14.3. The molecule has 2 atom stereocenters. The average molecular weight is 918 g/mol. The Kier molecular flexibility index (Phi) is 23.9. The number of guanidine groups is 1. The molecule has 0 radical (unpaired) electrons. The maximum Gasteiger partial charge on any atom is 0.407 e. The second-order valence-corrected chi connectivity index (χ2v) is 16.1. The molecule has 0 heterocycles. The zero-order chi connectivity index (χ0) is 48.2. The lowest BCUT2D eigenvalue weighted by Gasteiger charge is -2.24. The predicted molar refractivity (Wildman–Crippen MR) is 250 cm³/mol. The van der Waals surface area contributed by atoms with Gasteiger partial charge in [0.05, 0.1) is 25.7 Å². The number of aromatic hydroxyl groups is 1. The van der Waals surface area contributed by atoms with Crippen LogP contribution >= 0.6 is 0 Å². The van der Waals surface area contributed by atoms with Crippen molar-refractivity contribution in [3.8, 4) is 11.5 Å². The van der Waals surface area contributed by atoms with E-state index in [0.29, 0.717) is 55.7 Å². The number of nitrogens with two attached hydrogens (primary N) is 1. The monoisotopic (exact) mass is 918 g/mol. The van der Waals surface area contributed by atoms with Gasteiger partial charge in [-0.1, -0.05) is 61.5 Å². The highest BCUT2D eigenvalue weighted by atomic mass is 16.6. The van der Waals surface area contributed by atoms with Gasteiger partial charge in [0.25, 0.3) is 0 Å². The van der Waals surface area contributed by atoms with E-state index in [4.69, 9.17) is 19.9 Å². The molecule has 7 amide bonds. The summed E-state index contributed by atoms with van der Waals surface area (Å²) in [6, 6.07) is 21.2. The van der Waals surface area contributed by atoms with Crippen molar-refractivity contribution in [3.63, 3.8) is 0 Å². The van der Waals surface area contributed by atoms with Crippen molar-refractivity contribution in [2.45, 2.75) is 90.3 Å². The quantitative estimate of drug-likeness (QED) is 0.0302. The number of carbonyl (C=O) groups is 6. The number of nitrogens with zero attached hydrogens (tertiary/aromatic N) is 1. The number of nitrogens with one attached hydrogen (secondary N) is 7. The van der Waals surface area contributed by atoms with Crippen LogP contribution in [0.1, 0.15) is 88.8 Å². The van der Waals surface area contributed by atoms with Crippen molar-refractivity contribution in [2.75, 3.05) is 52.5 Å². The molecule has 0 aromatic heterocycles. The Bertz CT molecular complexity index is 2010. The molecular weight excluding hydrogens is 851 g/mol. The second kappa shape index (κ2) is 29.5. The molecule has 3 aromatic carbocycles. The zero-order valence-corrected chi connectivity index (χ0v) is 38.4. The summed E-state index contributed by atoms with van der Waals surface area (Å²) < 4.78 is 16.7. The third kappa shape index (κ3) is 22.6. The molecule has 10 N–H and O–H groups in total. The number of ether oxygens (including phenoxy) is 3. The van der Waals surface area contributed by atoms with Gasteiger partial charge in [-0.15, -0.1) is 0 Å². The van der Waals surface area contributed by atoms with Crippen molar-refractivity contribution in [3.05, 3.63) is 95.6 Å². The molecule has 0 bridgehead atoms. The van der Waals surface area contributed by atoms with Crippen LogP contribution in [-0.2, 0) is 35.2 Å². The highest BCUT2D eigenvalue weighted by Gasteiger charge is 2.28. The molecule has 1 unspecified atom stereocenters. The van der Waals surface area contributed by atoms with Crippen LogP contribution in [0.2, 0.25) is 0 Å². The molecule has 0 aliphatic heterocycles. The number of unbranched alkanes of at least 4 members (excludes halogenated alkanes) is 1. The number of hydrogen-bond donors (Lipinski definition) is 9. The summed E-state index contributed by atoms with van der Waals surface area (Å²) in [4.78, 5) is 79.3. The predicted octanol–water partition coefficient (Wildman–Crippen LogP) is 3.45. The van der Waals surface area contributed by atoms with E-state index in [0.717, 1.165) is 5.56 Å². The topological polar surface area (TPSA) is 273 Å². The standard InChI is InChI=1S/C47H67N9O10/c1-5-39(58)50-25-26-52-45(62)56-44(48)51-24-12-17-38(42(60)54-32-33-18-20-36(57)21-19-33)55-43(61)41(34-13-7-6-8-14-34)35-15-11-16-37(31-35)65-28-10-9-23-49-40(59)22-29-64-30-27-53-46(63)66-47(2,3)4/h6-8,11,13-16,18-21,31,38,41,57H,5,9-10,12,17,22-30,32H2,1-4H3,(H,49,59)(H,50,58)(H,53,63)(H,54,60)(H,55,61)(H4,48,51,52,56,62)/t38-,41?/m1/s1. The first-order valence-electron chi connectivity index (χ1n) is 22.2. The van der Waals surface area contributed by atoms with Crippen molar-refractivity contribution in [1.82, 2.24) is 37.2 Å². The van der Waals surface area contributed by atoms with Crippen molar-refractivity contribution in [2.24, 2.45) is 10.7 Å². The van der Waals surface area contributed by atoms with E-state index in [-0.39, 0.29) is 82.3 Å². The summed E-state index contributed by atoms with van der Waals surface area (Å²) in [6.45, 7) is 9.43. The molecule has 0 aliphatic carbocycles. The third-order valence-electron chi connectivity index (χ3n) is 9.41. The molecule has 0 saturated carbocycles. The van der Waals surface area contributed by atoms with Crippen LogP contribution in [0.3, 0.4) is 0 Å². The van der Waals surface area contributed by atoms with Gasteiger partial charge in [-0.2, -0.15) is 4.99 Å². The fourth-order valence-electron chi connectivity index (χ4n) is 6.12. The molecule has 360 valence electrons. The molecule has 0 fully saturated rings. The number of benzene rings is 3. The van der Waals surface area contributed by atoms with Gasteiger partial charge in [0.2, 0.25) is 23.6 Å². The van der Waals surface area contributed by atoms with Gasteiger partial charge in [-0.05, 0) is 87.4 Å². The molecule has 0 spiro atoms. The molecule has 3 rings (SSSR count). The first kappa shape index (κ1) is 53.4. The lowest BCUT2D eigenvalue weighted by atomic mass is 9.90. The fraction of sp³-hybridized carbons (Fsp3) is 0.468. The number of amides is 7. The van der Waals surface area contributed by atoms with Crippen LogP contribution in [0.15, 0.2) is 83.9 Å². The Hall–Kier alpha value is -6.89. The summed E-state index contributed by atoms with van der Waals surface area (Å²) in [5.41, 5.74) is 7.42. The first-order valence-corrected chi connectivity index (χ1v) is 22.2. The third-order valence-corrected chi connectivity index (χ3v) is 9.41. The number of phenols is 1. The van der Waals surface area contributed by atoms with Gasteiger partial charge in [-0.25, -0.2) is 9.59 Å². The number of urea groups is 1. The molecule has 3 aromatic rings. The van der Waals surface area contributed by atoms with Gasteiger partial charge >= 0.3 is 12.1 Å². The van der Waals surface area contributed by atoms with Crippen LogP contribution in [0, 0.1) is 0 Å². The lowest BCUT2D eigenvalue weighted by molar-refractivity contribution is -0.129. The van der Waals surface area contributed by atoms with Crippen molar-refractivity contribution < 1.29 is 48.1 Å². The van der Waals surface area contributed by atoms with E-state index in [9.17, 15) is 33.9 Å². The van der Waals surface area contributed by atoms with Crippen LogP contribution in [0.5, 0.6) is 11.5 Å². The summed E-state index contributed by atoms with van der Waals surface area (Å²) in [5, 5.41) is 29.0. The summed E-state index contributed by atoms with van der Waals surface area (Å²) in [5.74, 6) is -1.43. The SMILES string of the molecule is CCC(=O)NCCNC(=O)/N=C(/N)NCCC[C@@H](NC(=O)C(c1ccccc1)c1cccc(OCCCCNC(=O)CCOCCNC(=O)OC(C)(C)C)c1)C(=O)NCc1ccc(O)cc1. The van der Waals surface area contributed by atoms with Crippen LogP contribution < -0.4 is 47.7 Å². The maximum atomic E-state index is 14.3. The second-order valence-electron chi connectivity index (χ2n) is 16.1. The number of carbonyl (C=O) groups excluding carboxylic acids is 6. The average Bonchev–Trinajstić information content (AvgIpc) is 3.28. The van der Waals surface area contributed by atoms with Gasteiger partial charge in [-0.3, -0.25) is 19.2 Å². The highest BCUT2D eigenvalue weighted by molar-refractivity contribution is 5.93. The summed E-state index contributed by atoms with van der Waals surface area (Å²) in [6.07, 6.45) is 1.87. The Morgan fingerprint density at radius 3 is 2.12 bits per heavy atom. The molecular formula is C47H67N9O10. The van der Waals surface area contributed by atoms with Crippen LogP contribution in [-0.4, -0.2) is 111 Å². The van der Waals surface area contributed by atoms with Crippen molar-refractivity contribution >= 4 is 41.7 Å². The molecule has 66 heavy (non-hydrogen) atoms. The minimum absolute atomic E-state index is 0.0920. The smallest absolute Gasteiger partial charge is 0.407 e. The largest absolute Gasteiger partial charge is 0.508 e. The molecule has 0 aliphatic rings. The normalized spacial score (nSPS) is 12.2. The van der Waals surface area contributed by atoms with Crippen LogP contribution in [0.25, 0.3) is 0 Å². The number of alkyl carbamates (subject to hydrolysis) is 1. The van der Waals surface area contributed by atoms with Gasteiger partial charge in [0, 0.05) is 52.1 Å². The van der Waals surface area contributed by atoms with E-state index >= 15 is 0 Å². The molecule has 19 nitrogen and oxygen atoms in total. The van der Waals surface area contributed by atoms with E-state index in [2.05, 4.69) is 42.2 Å². The van der Waals surface area contributed by atoms with Gasteiger partial charge in [0.1, 0.15) is 23.1 Å². The lowest BCUT2D eigenvalue weighted by Crippen LogP contribution is -2.48. The summed E-state index contributed by atoms with van der Waals surface area (Å²) in [7, 11) is 0. The molecule has 0 saturated heterocycles. The van der Waals surface area contributed by atoms with E-state index in [1.54, 1.807) is 58.0 Å². The number of hydrogen-bond acceptors (Lipinski definition) is 10. The van der Waals surface area contributed by atoms with Gasteiger partial charge in [0.15, 0.2) is 5.96 Å². The Labute approximate surface area is 386 Å². The summed E-state index contributed by atoms with van der Waals surface area (Å²) >= 11 is 0.